The van der Waals surface area contributed by atoms with Gasteiger partial charge in [0.1, 0.15) is 6.04 Å². The molecule has 0 unspecified atom stereocenters. The molecule has 2 heterocycles. The smallest absolute Gasteiger partial charge is 0.322 e. The van der Waals surface area contributed by atoms with Gasteiger partial charge in [-0.05, 0) is 40.1 Å². The molecule has 1 aromatic rings. The van der Waals surface area contributed by atoms with Crippen LogP contribution in [0.4, 0.5) is 10.7 Å². The fourth-order valence-corrected chi connectivity index (χ4v) is 2.18. The first-order valence-corrected chi connectivity index (χ1v) is 7.60. The molecule has 1 aliphatic rings. The highest BCUT2D eigenvalue weighted by Gasteiger charge is 2.38. The fourth-order valence-electron chi connectivity index (χ4n) is 2.18. The summed E-state index contributed by atoms with van der Waals surface area (Å²) in [6.07, 6.45) is 0. The molecule has 1 fully saturated rings. The van der Waals surface area contributed by atoms with Gasteiger partial charge in [0.05, 0.1) is 12.7 Å². The van der Waals surface area contributed by atoms with Crippen molar-refractivity contribution in [1.82, 2.24) is 34.9 Å². The second-order valence-electron chi connectivity index (χ2n) is 6.15. The Bertz CT molecular complexity index is 570. The maximum Gasteiger partial charge on any atom is 0.326 e. The number of nitrogens with one attached hydrogen (secondary N) is 1. The van der Waals surface area contributed by atoms with Crippen LogP contribution in [-0.2, 0) is 4.79 Å². The molecule has 1 aromatic heterocycles. The van der Waals surface area contributed by atoms with Gasteiger partial charge < -0.3 is 9.80 Å². The van der Waals surface area contributed by atoms with Crippen LogP contribution in [0.15, 0.2) is 0 Å². The van der Waals surface area contributed by atoms with Crippen LogP contribution in [-0.4, -0.2) is 86.7 Å². The van der Waals surface area contributed by atoms with E-state index in [0.29, 0.717) is 6.54 Å². The van der Waals surface area contributed by atoms with E-state index in [1.165, 1.54) is 9.70 Å². The molecular weight excluding hydrogens is 300 g/mol. The highest BCUT2D eigenvalue weighted by atomic mass is 16.2. The Labute approximate surface area is 135 Å². The molecule has 128 valence electrons. The predicted molar refractivity (Wildman–Crippen MR) is 83.7 cm³/mol. The standard InChI is InChI=1S/C13H24N8O2/c1-9(2)21-16-12(15-17-21)14-13(23)20-8-19(7-6-18(4)5)11(22)10(20)3/h9-10H,6-8H2,1-5H3,(H,14,16,23)/t10-/m0/s1. The molecule has 0 spiro atoms. The summed E-state index contributed by atoms with van der Waals surface area (Å²) >= 11 is 0. The van der Waals surface area contributed by atoms with Gasteiger partial charge in [-0.2, -0.15) is 4.80 Å². The highest BCUT2D eigenvalue weighted by Crippen LogP contribution is 2.15. The van der Waals surface area contributed by atoms with Crippen LogP contribution in [0.2, 0.25) is 0 Å². The van der Waals surface area contributed by atoms with Gasteiger partial charge in [0.15, 0.2) is 0 Å². The van der Waals surface area contributed by atoms with Crippen LogP contribution >= 0.6 is 0 Å². The molecule has 10 heteroatoms. The van der Waals surface area contributed by atoms with Gasteiger partial charge >= 0.3 is 6.03 Å². The SMILES string of the molecule is CC(C)n1nnc(NC(=O)N2CN(CCN(C)C)C(=O)[C@@H]2C)n1. The normalized spacial score (nSPS) is 18.4. The first kappa shape index (κ1) is 17.1. The van der Waals surface area contributed by atoms with Crippen molar-refractivity contribution in [3.8, 4) is 0 Å². The van der Waals surface area contributed by atoms with Crippen LogP contribution in [0.25, 0.3) is 0 Å². The number of amides is 3. The molecule has 0 aromatic carbocycles. The zero-order chi connectivity index (χ0) is 17.1. The zero-order valence-corrected chi connectivity index (χ0v) is 14.2. The number of carbonyl (C=O) groups is 2. The fraction of sp³-hybridized carbons (Fsp3) is 0.769. The van der Waals surface area contributed by atoms with Crippen LogP contribution in [0.3, 0.4) is 0 Å². The van der Waals surface area contributed by atoms with Crippen molar-refractivity contribution in [2.24, 2.45) is 0 Å². The summed E-state index contributed by atoms with van der Waals surface area (Å²) in [5.74, 6) is 0.0795. The van der Waals surface area contributed by atoms with Crippen molar-refractivity contribution in [2.75, 3.05) is 39.2 Å². The number of anilines is 1. The van der Waals surface area contributed by atoms with Crippen molar-refractivity contribution < 1.29 is 9.59 Å². The third-order valence-electron chi connectivity index (χ3n) is 3.65. The monoisotopic (exact) mass is 324 g/mol. The summed E-state index contributed by atoms with van der Waals surface area (Å²) in [5, 5.41) is 14.3. The van der Waals surface area contributed by atoms with Gasteiger partial charge in [-0.3, -0.25) is 15.0 Å². The second-order valence-corrected chi connectivity index (χ2v) is 6.15. The third kappa shape index (κ3) is 3.95. The van der Waals surface area contributed by atoms with Crippen LogP contribution < -0.4 is 5.32 Å². The Kier molecular flexibility index (Phi) is 5.14. The Morgan fingerprint density at radius 1 is 1.43 bits per heavy atom. The lowest BCUT2D eigenvalue weighted by Gasteiger charge is -2.20. The minimum atomic E-state index is -0.502. The van der Waals surface area contributed by atoms with E-state index in [1.807, 2.05) is 32.8 Å². The van der Waals surface area contributed by atoms with E-state index in [9.17, 15) is 9.59 Å². The number of urea groups is 1. The van der Waals surface area contributed by atoms with Crippen LogP contribution in [0, 0.1) is 0 Å². The van der Waals surface area contributed by atoms with Gasteiger partial charge in [0, 0.05) is 13.1 Å². The van der Waals surface area contributed by atoms with Gasteiger partial charge in [0.2, 0.25) is 5.91 Å². The molecule has 3 amide bonds. The number of nitrogens with zero attached hydrogens (tertiary/aromatic N) is 7. The maximum absolute atomic E-state index is 12.3. The summed E-state index contributed by atoms with van der Waals surface area (Å²) in [7, 11) is 3.89. The van der Waals surface area contributed by atoms with Gasteiger partial charge in [-0.15, -0.1) is 5.10 Å². The molecule has 0 aliphatic carbocycles. The second kappa shape index (κ2) is 6.90. The number of aromatic nitrogens is 4. The molecule has 0 saturated carbocycles. The molecule has 23 heavy (non-hydrogen) atoms. The van der Waals surface area contributed by atoms with Gasteiger partial charge in [-0.25, -0.2) is 4.79 Å². The Balaban J connectivity index is 1.97. The number of carbonyl (C=O) groups excluding carboxylic acids is 2. The minimum absolute atomic E-state index is 0.0548. The molecule has 0 bridgehead atoms. The number of hydrogen-bond donors (Lipinski definition) is 1. The largest absolute Gasteiger partial charge is 0.326 e. The molecule has 2 rings (SSSR count). The maximum atomic E-state index is 12.3. The average molecular weight is 324 g/mol. The lowest BCUT2D eigenvalue weighted by Crippen LogP contribution is -2.39. The first-order chi connectivity index (χ1) is 10.8. The zero-order valence-electron chi connectivity index (χ0n) is 14.2. The highest BCUT2D eigenvalue weighted by molar-refractivity contribution is 5.94. The summed E-state index contributed by atoms with van der Waals surface area (Å²) < 4.78 is 0. The lowest BCUT2D eigenvalue weighted by atomic mass is 10.3. The topological polar surface area (TPSA) is 99.5 Å². The lowest BCUT2D eigenvalue weighted by molar-refractivity contribution is -0.128. The Morgan fingerprint density at radius 3 is 2.70 bits per heavy atom. The Morgan fingerprint density at radius 2 is 2.13 bits per heavy atom. The molecule has 1 aliphatic heterocycles. The van der Waals surface area contributed by atoms with E-state index < -0.39 is 12.1 Å². The number of hydrogen-bond acceptors (Lipinski definition) is 6. The molecular formula is C13H24N8O2. The van der Waals surface area contributed by atoms with Crippen molar-refractivity contribution in [1.29, 1.82) is 0 Å². The van der Waals surface area contributed by atoms with Crippen molar-refractivity contribution in [2.45, 2.75) is 32.9 Å². The number of tetrazole rings is 1. The molecule has 1 N–H and O–H groups in total. The number of rotatable bonds is 5. The van der Waals surface area contributed by atoms with Gasteiger partial charge in [-0.1, -0.05) is 5.10 Å². The van der Waals surface area contributed by atoms with E-state index >= 15 is 0 Å². The number of likely N-dealkylation sites (N-methyl/N-ethyl adjacent to an activating group) is 1. The minimum Gasteiger partial charge on any atom is -0.322 e. The van der Waals surface area contributed by atoms with Crippen LogP contribution in [0.5, 0.6) is 0 Å². The summed E-state index contributed by atoms with van der Waals surface area (Å²) in [5.41, 5.74) is 0. The molecule has 0 radical (unpaired) electrons. The summed E-state index contributed by atoms with van der Waals surface area (Å²) in [6.45, 7) is 7.14. The van der Waals surface area contributed by atoms with Crippen molar-refractivity contribution >= 4 is 17.9 Å². The van der Waals surface area contributed by atoms with Gasteiger partial charge in [0.25, 0.3) is 5.95 Å². The third-order valence-corrected chi connectivity index (χ3v) is 3.65. The molecule has 1 saturated heterocycles. The van der Waals surface area contributed by atoms with E-state index in [2.05, 4.69) is 20.7 Å². The van der Waals surface area contributed by atoms with Crippen LogP contribution in [0.1, 0.15) is 26.8 Å². The first-order valence-electron chi connectivity index (χ1n) is 7.60. The molecule has 10 nitrogen and oxygen atoms in total. The quantitative estimate of drug-likeness (QED) is 0.808. The summed E-state index contributed by atoms with van der Waals surface area (Å²) in [6, 6.07) is -0.846. The van der Waals surface area contributed by atoms with E-state index in [0.717, 1.165) is 6.54 Å². The van der Waals surface area contributed by atoms with E-state index in [4.69, 9.17) is 0 Å². The summed E-state index contributed by atoms with van der Waals surface area (Å²) in [4.78, 5) is 31.1. The van der Waals surface area contributed by atoms with Crippen molar-refractivity contribution in [3.63, 3.8) is 0 Å². The van der Waals surface area contributed by atoms with E-state index in [-0.39, 0.29) is 24.6 Å². The van der Waals surface area contributed by atoms with E-state index in [1.54, 1.807) is 11.8 Å². The Hall–Kier alpha value is -2.23. The van der Waals surface area contributed by atoms with Crippen molar-refractivity contribution in [3.05, 3.63) is 0 Å². The molecule has 1 atom stereocenters. The predicted octanol–water partition coefficient (Wildman–Crippen LogP) is -0.162. The average Bonchev–Trinajstić information content (AvgIpc) is 3.04.